The van der Waals surface area contributed by atoms with E-state index in [0.717, 1.165) is 5.70 Å². The molecule has 0 bridgehead atoms. The van der Waals surface area contributed by atoms with Crippen molar-refractivity contribution in [2.24, 2.45) is 22.4 Å². The Kier molecular flexibility index (Phi) is 3.80. The fraction of sp³-hybridized carbons (Fsp3) is 0.700. The number of nitrogens with two attached hydrogens (primary N) is 2. The lowest BCUT2D eigenvalue weighted by atomic mass is 9.87. The molecule has 1 saturated carbocycles. The lowest BCUT2D eigenvalue weighted by Gasteiger charge is -2.21. The van der Waals surface area contributed by atoms with Crippen molar-refractivity contribution < 1.29 is 0 Å². The Morgan fingerprint density at radius 1 is 1.23 bits per heavy atom. The molecule has 0 saturated heterocycles. The minimum absolute atomic E-state index is 0.531. The number of hydrogen-bond acceptors (Lipinski definition) is 2. The summed E-state index contributed by atoms with van der Waals surface area (Å²) >= 11 is 0. The number of amidine groups is 1. The number of hydrogen-bond donors (Lipinski definition) is 2. The van der Waals surface area contributed by atoms with Gasteiger partial charge in [-0.1, -0.05) is 19.3 Å². The molecule has 0 heterocycles. The number of allylic oxidation sites excluding steroid dienone is 1. The molecule has 0 amide bonds. The molecule has 0 radical (unpaired) electrons. The lowest BCUT2D eigenvalue weighted by molar-refractivity contribution is 0.400. The molecule has 0 spiro atoms. The van der Waals surface area contributed by atoms with E-state index in [1.165, 1.54) is 32.1 Å². The molecule has 1 rings (SSSR count). The van der Waals surface area contributed by atoms with E-state index in [0.29, 0.717) is 11.8 Å². The van der Waals surface area contributed by atoms with Crippen LogP contribution in [-0.4, -0.2) is 12.9 Å². The van der Waals surface area contributed by atoms with E-state index in [1.807, 2.05) is 0 Å². The van der Waals surface area contributed by atoms with Gasteiger partial charge in [-0.05, 0) is 24.8 Å². The highest BCUT2D eigenvalue weighted by atomic mass is 14.8. The van der Waals surface area contributed by atoms with Crippen molar-refractivity contribution in [2.45, 2.75) is 32.1 Å². The van der Waals surface area contributed by atoms with Crippen molar-refractivity contribution in [1.29, 1.82) is 0 Å². The summed E-state index contributed by atoms with van der Waals surface area (Å²) in [5.74, 6) is 1.07. The second-order valence-corrected chi connectivity index (χ2v) is 3.63. The lowest BCUT2D eigenvalue weighted by Crippen LogP contribution is -2.19. The highest BCUT2D eigenvalue weighted by molar-refractivity contribution is 5.91. The zero-order valence-electron chi connectivity index (χ0n) is 8.29. The minimum Gasteiger partial charge on any atom is -0.402 e. The zero-order chi connectivity index (χ0) is 9.68. The minimum atomic E-state index is 0.531. The summed E-state index contributed by atoms with van der Waals surface area (Å²) in [6.07, 6.45) is 8.15. The van der Waals surface area contributed by atoms with E-state index >= 15 is 0 Å². The molecular formula is C10H19N3. The first-order valence-corrected chi connectivity index (χ1v) is 4.93. The molecule has 13 heavy (non-hydrogen) atoms. The van der Waals surface area contributed by atoms with Crippen LogP contribution < -0.4 is 11.5 Å². The van der Waals surface area contributed by atoms with Gasteiger partial charge in [-0.15, -0.1) is 0 Å². The van der Waals surface area contributed by atoms with E-state index in [1.54, 1.807) is 13.1 Å². The molecule has 0 atom stereocenters. The third-order valence-electron chi connectivity index (χ3n) is 2.65. The first-order valence-electron chi connectivity index (χ1n) is 4.93. The van der Waals surface area contributed by atoms with Crippen LogP contribution in [0.3, 0.4) is 0 Å². The molecule has 0 aromatic heterocycles. The summed E-state index contributed by atoms with van der Waals surface area (Å²) in [4.78, 5) is 3.86. The Balaban J connectivity index is 2.54. The fourth-order valence-corrected chi connectivity index (χ4v) is 1.79. The van der Waals surface area contributed by atoms with Crippen LogP contribution in [0.15, 0.2) is 16.8 Å². The second-order valence-electron chi connectivity index (χ2n) is 3.63. The molecule has 4 N–H and O–H groups in total. The SMILES string of the molecule is CN=C(N)/C=C(\N)C1CCCCC1. The van der Waals surface area contributed by atoms with Crippen molar-refractivity contribution in [1.82, 2.24) is 0 Å². The highest BCUT2D eigenvalue weighted by Gasteiger charge is 2.15. The Hall–Kier alpha value is -0.990. The molecule has 74 valence electrons. The summed E-state index contributed by atoms with van der Waals surface area (Å²) in [7, 11) is 1.68. The van der Waals surface area contributed by atoms with Gasteiger partial charge in [0.2, 0.25) is 0 Å². The van der Waals surface area contributed by atoms with Gasteiger partial charge in [0.25, 0.3) is 0 Å². The molecule has 3 heteroatoms. The Morgan fingerprint density at radius 2 is 1.85 bits per heavy atom. The molecule has 1 aliphatic rings. The zero-order valence-corrected chi connectivity index (χ0v) is 8.29. The Labute approximate surface area is 79.9 Å². The first kappa shape index (κ1) is 10.1. The molecule has 1 aliphatic carbocycles. The van der Waals surface area contributed by atoms with E-state index in [2.05, 4.69) is 4.99 Å². The maximum atomic E-state index is 5.93. The van der Waals surface area contributed by atoms with Crippen LogP contribution in [0.4, 0.5) is 0 Å². The maximum Gasteiger partial charge on any atom is 0.119 e. The Morgan fingerprint density at radius 3 is 2.38 bits per heavy atom. The third kappa shape index (κ3) is 3.09. The third-order valence-corrected chi connectivity index (χ3v) is 2.65. The van der Waals surface area contributed by atoms with Gasteiger partial charge >= 0.3 is 0 Å². The van der Waals surface area contributed by atoms with Gasteiger partial charge in [-0.25, -0.2) is 0 Å². The average Bonchev–Trinajstić information content (AvgIpc) is 2.19. The standard InChI is InChI=1S/C10H19N3/c1-13-10(12)7-9(11)8-5-3-2-4-6-8/h7-8H,2-6,11H2,1H3,(H2,12,13)/b9-7-. The second kappa shape index (κ2) is 4.90. The van der Waals surface area contributed by atoms with Crippen molar-refractivity contribution in [2.75, 3.05) is 7.05 Å². The van der Waals surface area contributed by atoms with E-state index in [9.17, 15) is 0 Å². The average molecular weight is 181 g/mol. The van der Waals surface area contributed by atoms with Gasteiger partial charge in [-0.2, -0.15) is 0 Å². The monoisotopic (exact) mass is 181 g/mol. The summed E-state index contributed by atoms with van der Waals surface area (Å²) in [5, 5.41) is 0. The summed E-state index contributed by atoms with van der Waals surface area (Å²) in [6.45, 7) is 0. The van der Waals surface area contributed by atoms with Gasteiger partial charge in [0.15, 0.2) is 0 Å². The summed E-state index contributed by atoms with van der Waals surface area (Å²) < 4.78 is 0. The van der Waals surface area contributed by atoms with Crippen LogP contribution in [0.1, 0.15) is 32.1 Å². The van der Waals surface area contributed by atoms with E-state index in [-0.39, 0.29) is 0 Å². The Bertz CT molecular complexity index is 212. The van der Waals surface area contributed by atoms with Gasteiger partial charge < -0.3 is 11.5 Å². The molecule has 1 fully saturated rings. The van der Waals surface area contributed by atoms with Gasteiger partial charge in [0.1, 0.15) is 5.84 Å². The maximum absolute atomic E-state index is 5.93. The van der Waals surface area contributed by atoms with E-state index in [4.69, 9.17) is 11.5 Å². The van der Waals surface area contributed by atoms with Gasteiger partial charge in [-0.3, -0.25) is 4.99 Å². The van der Waals surface area contributed by atoms with Gasteiger partial charge in [0.05, 0.1) is 0 Å². The predicted molar refractivity (Wildman–Crippen MR) is 56.4 cm³/mol. The van der Waals surface area contributed by atoms with Gasteiger partial charge in [0, 0.05) is 12.7 Å². The van der Waals surface area contributed by atoms with Crippen molar-refractivity contribution >= 4 is 5.84 Å². The number of rotatable bonds is 2. The van der Waals surface area contributed by atoms with Crippen LogP contribution in [0, 0.1) is 5.92 Å². The molecule has 0 aromatic rings. The molecule has 0 aliphatic heterocycles. The largest absolute Gasteiger partial charge is 0.402 e. The topological polar surface area (TPSA) is 64.4 Å². The number of aliphatic imine (C=N–C) groups is 1. The van der Waals surface area contributed by atoms with Crippen molar-refractivity contribution in [3.05, 3.63) is 11.8 Å². The predicted octanol–water partition coefficient (Wildman–Crippen LogP) is 1.40. The molecular weight excluding hydrogens is 162 g/mol. The number of nitrogens with zero attached hydrogens (tertiary/aromatic N) is 1. The molecule has 0 unspecified atom stereocenters. The van der Waals surface area contributed by atoms with Crippen LogP contribution in [-0.2, 0) is 0 Å². The normalized spacial score (nSPS) is 21.9. The smallest absolute Gasteiger partial charge is 0.119 e. The van der Waals surface area contributed by atoms with Crippen LogP contribution >= 0.6 is 0 Å². The van der Waals surface area contributed by atoms with Crippen LogP contribution in [0.25, 0.3) is 0 Å². The highest BCUT2D eigenvalue weighted by Crippen LogP contribution is 2.27. The molecule has 0 aromatic carbocycles. The quantitative estimate of drug-likeness (QED) is 0.499. The van der Waals surface area contributed by atoms with Crippen LogP contribution in [0.5, 0.6) is 0 Å². The summed E-state index contributed by atoms with van der Waals surface area (Å²) in [5.41, 5.74) is 12.4. The first-order chi connectivity index (χ1) is 6.24. The van der Waals surface area contributed by atoms with E-state index < -0.39 is 0 Å². The fourth-order valence-electron chi connectivity index (χ4n) is 1.79. The van der Waals surface area contributed by atoms with Crippen molar-refractivity contribution in [3.8, 4) is 0 Å². The van der Waals surface area contributed by atoms with Crippen molar-refractivity contribution in [3.63, 3.8) is 0 Å². The molecule has 3 nitrogen and oxygen atoms in total. The van der Waals surface area contributed by atoms with Crippen LogP contribution in [0.2, 0.25) is 0 Å². The summed E-state index contributed by atoms with van der Waals surface area (Å²) in [6, 6.07) is 0.